The fourth-order valence-electron chi connectivity index (χ4n) is 4.10. The van der Waals surface area contributed by atoms with Crippen LogP contribution in [0.4, 0.5) is 0 Å². The molecule has 1 aromatic carbocycles. The number of aliphatic imine (C=N–C) groups is 1. The summed E-state index contributed by atoms with van der Waals surface area (Å²) in [4.78, 5) is 27.8. The summed E-state index contributed by atoms with van der Waals surface area (Å²) < 4.78 is 27.4. The van der Waals surface area contributed by atoms with Crippen LogP contribution in [0.1, 0.15) is 43.7 Å². The third-order valence-corrected chi connectivity index (χ3v) is 5.12. The maximum absolute atomic E-state index is 11.6. The minimum Gasteiger partial charge on any atom is -0.481 e. The van der Waals surface area contributed by atoms with Gasteiger partial charge in [-0.1, -0.05) is 0 Å². The van der Waals surface area contributed by atoms with Gasteiger partial charge in [0.15, 0.2) is 11.5 Å². The Morgan fingerprint density at radius 1 is 1.04 bits per heavy atom. The first-order valence-electron chi connectivity index (χ1n) is 8.86. The molecule has 27 heavy (non-hydrogen) atoms. The van der Waals surface area contributed by atoms with Crippen LogP contribution in [0.25, 0.3) is 0 Å². The number of benzene rings is 1. The minimum absolute atomic E-state index is 0.00967. The zero-order valence-electron chi connectivity index (χ0n) is 15.4. The van der Waals surface area contributed by atoms with E-state index in [1.165, 1.54) is 13.8 Å². The lowest BCUT2D eigenvalue weighted by Crippen LogP contribution is -2.46. The lowest BCUT2D eigenvalue weighted by Gasteiger charge is -2.41. The number of methoxy groups -OCH3 is 1. The Morgan fingerprint density at radius 3 is 2.30 bits per heavy atom. The fourth-order valence-corrected chi connectivity index (χ4v) is 4.10. The van der Waals surface area contributed by atoms with Crippen molar-refractivity contribution in [3.63, 3.8) is 0 Å². The lowest BCUT2D eigenvalue weighted by atomic mass is 9.74. The van der Waals surface area contributed by atoms with E-state index >= 15 is 0 Å². The predicted molar refractivity (Wildman–Crippen MR) is 93.0 cm³/mol. The van der Waals surface area contributed by atoms with Gasteiger partial charge in [-0.25, -0.2) is 4.99 Å². The molecule has 8 heteroatoms. The lowest BCUT2D eigenvalue weighted by molar-refractivity contribution is -0.170. The molecule has 1 fully saturated rings. The van der Waals surface area contributed by atoms with Gasteiger partial charge in [0.05, 0.1) is 13.2 Å². The quantitative estimate of drug-likeness (QED) is 0.729. The van der Waals surface area contributed by atoms with Gasteiger partial charge in [0, 0.05) is 31.7 Å². The Hall–Kier alpha value is -2.77. The number of fused-ring (bicyclic) bond motifs is 4. The number of ether oxygens (including phenoxy) is 5. The molecule has 0 unspecified atom stereocenters. The van der Waals surface area contributed by atoms with Crippen LogP contribution in [0.2, 0.25) is 0 Å². The van der Waals surface area contributed by atoms with Gasteiger partial charge >= 0.3 is 11.9 Å². The van der Waals surface area contributed by atoms with Crippen molar-refractivity contribution in [1.29, 1.82) is 0 Å². The summed E-state index contributed by atoms with van der Waals surface area (Å²) in [6.45, 7) is 2.87. The van der Waals surface area contributed by atoms with Gasteiger partial charge in [-0.3, -0.25) is 9.59 Å². The van der Waals surface area contributed by atoms with Crippen LogP contribution in [0, 0.1) is 0 Å². The van der Waals surface area contributed by atoms with E-state index in [1.807, 2.05) is 12.1 Å². The van der Waals surface area contributed by atoms with Crippen LogP contribution >= 0.6 is 0 Å². The van der Waals surface area contributed by atoms with Crippen molar-refractivity contribution in [3.05, 3.63) is 23.3 Å². The Labute approximate surface area is 156 Å². The molecule has 0 saturated heterocycles. The second-order valence-electron chi connectivity index (χ2n) is 6.87. The van der Waals surface area contributed by atoms with Crippen molar-refractivity contribution in [3.8, 4) is 11.5 Å². The van der Waals surface area contributed by atoms with Crippen LogP contribution in [0.15, 0.2) is 17.1 Å². The predicted octanol–water partition coefficient (Wildman–Crippen LogP) is 1.93. The number of rotatable bonds is 2. The van der Waals surface area contributed by atoms with E-state index in [2.05, 4.69) is 0 Å². The molecule has 0 amide bonds. The van der Waals surface area contributed by atoms with Crippen molar-refractivity contribution < 1.29 is 33.3 Å². The molecular weight excluding hydrogens is 354 g/mol. The third-order valence-electron chi connectivity index (χ3n) is 5.12. The van der Waals surface area contributed by atoms with E-state index < -0.39 is 24.1 Å². The molecule has 1 aliphatic carbocycles. The van der Waals surface area contributed by atoms with Crippen molar-refractivity contribution in [2.24, 2.45) is 4.99 Å². The van der Waals surface area contributed by atoms with Crippen molar-refractivity contribution in [2.45, 2.75) is 50.9 Å². The second kappa shape index (κ2) is 6.75. The molecule has 4 atom stereocenters. The summed E-state index contributed by atoms with van der Waals surface area (Å²) in [6.07, 6.45) is -0.117. The number of hydrogen-bond acceptors (Lipinski definition) is 8. The molecule has 2 heterocycles. The highest BCUT2D eigenvalue weighted by Crippen LogP contribution is 2.46. The van der Waals surface area contributed by atoms with Crippen LogP contribution in [-0.2, 0) is 23.8 Å². The standard InChI is InChI=1S/C19H21NO7/c1-9(21)26-17-5-12-11-4-15-16(25-8-24-15)6-13(11)19(23-3)20-14(12)7-18(17)27-10(2)22/h4,6,12,14,17-18H,5,7-8H2,1-3H3/t12-,14+,17+,18+/m1/s1. The molecule has 8 nitrogen and oxygen atoms in total. The van der Waals surface area contributed by atoms with E-state index in [0.717, 1.165) is 11.1 Å². The topological polar surface area (TPSA) is 92.7 Å². The van der Waals surface area contributed by atoms with Gasteiger partial charge in [0.2, 0.25) is 12.7 Å². The van der Waals surface area contributed by atoms with Crippen LogP contribution in [0.5, 0.6) is 11.5 Å². The summed E-state index contributed by atoms with van der Waals surface area (Å²) in [5.41, 5.74) is 1.85. The zero-order valence-corrected chi connectivity index (χ0v) is 15.4. The highest BCUT2D eigenvalue weighted by atomic mass is 16.7. The Morgan fingerprint density at radius 2 is 1.67 bits per heavy atom. The Bertz CT molecular complexity index is 819. The van der Waals surface area contributed by atoms with Crippen molar-refractivity contribution in [2.75, 3.05) is 13.9 Å². The summed E-state index contributed by atoms with van der Waals surface area (Å²) in [5, 5.41) is 0. The first-order chi connectivity index (χ1) is 13.0. The summed E-state index contributed by atoms with van der Waals surface area (Å²) in [6, 6.07) is 3.67. The normalized spacial score (nSPS) is 27.7. The smallest absolute Gasteiger partial charge is 0.303 e. The highest BCUT2D eigenvalue weighted by Gasteiger charge is 2.45. The number of hydrogen-bond donors (Lipinski definition) is 0. The van der Waals surface area contributed by atoms with E-state index in [9.17, 15) is 9.59 Å². The van der Waals surface area contributed by atoms with Crippen molar-refractivity contribution in [1.82, 2.24) is 0 Å². The van der Waals surface area contributed by atoms with Gasteiger partial charge < -0.3 is 23.7 Å². The summed E-state index contributed by atoms with van der Waals surface area (Å²) in [5.74, 6) is 1.02. The summed E-state index contributed by atoms with van der Waals surface area (Å²) >= 11 is 0. The van der Waals surface area contributed by atoms with Gasteiger partial charge in [0.1, 0.15) is 12.2 Å². The first kappa shape index (κ1) is 17.6. The minimum atomic E-state index is -0.537. The Kier molecular flexibility index (Phi) is 4.41. The number of nitrogens with zero attached hydrogens (tertiary/aromatic N) is 1. The number of esters is 2. The van der Waals surface area contributed by atoms with Crippen molar-refractivity contribution >= 4 is 17.8 Å². The molecule has 1 saturated carbocycles. The van der Waals surface area contributed by atoms with Gasteiger partial charge in [-0.05, 0) is 24.1 Å². The van der Waals surface area contributed by atoms with E-state index in [1.54, 1.807) is 7.11 Å². The molecule has 0 spiro atoms. The van der Waals surface area contributed by atoms with E-state index in [0.29, 0.717) is 30.2 Å². The first-order valence-corrected chi connectivity index (χ1v) is 8.86. The third kappa shape index (κ3) is 3.20. The maximum Gasteiger partial charge on any atom is 0.303 e. The average molecular weight is 375 g/mol. The maximum atomic E-state index is 11.6. The van der Waals surface area contributed by atoms with Crippen LogP contribution in [0.3, 0.4) is 0 Å². The molecule has 0 aromatic heterocycles. The molecular formula is C19H21NO7. The van der Waals surface area contributed by atoms with Gasteiger partial charge in [-0.15, -0.1) is 0 Å². The molecule has 144 valence electrons. The average Bonchev–Trinajstić information content (AvgIpc) is 3.06. The second-order valence-corrected chi connectivity index (χ2v) is 6.87. The zero-order chi connectivity index (χ0) is 19.1. The Balaban J connectivity index is 1.72. The number of carbonyl (C=O) groups excluding carboxylic acids is 2. The van der Waals surface area contributed by atoms with E-state index in [4.69, 9.17) is 28.7 Å². The summed E-state index contributed by atoms with van der Waals surface area (Å²) in [7, 11) is 1.57. The van der Waals surface area contributed by atoms with Crippen LogP contribution < -0.4 is 9.47 Å². The molecule has 0 radical (unpaired) electrons. The molecule has 3 aliphatic rings. The van der Waals surface area contributed by atoms with Gasteiger partial charge in [0.25, 0.3) is 0 Å². The van der Waals surface area contributed by atoms with E-state index in [-0.39, 0.29) is 18.8 Å². The fraction of sp³-hybridized carbons (Fsp3) is 0.526. The van der Waals surface area contributed by atoms with Gasteiger partial charge in [-0.2, -0.15) is 0 Å². The monoisotopic (exact) mass is 375 g/mol. The molecule has 2 aliphatic heterocycles. The molecule has 1 aromatic rings. The largest absolute Gasteiger partial charge is 0.481 e. The molecule has 0 bridgehead atoms. The molecule has 0 N–H and O–H groups in total. The number of carbonyl (C=O) groups is 2. The highest BCUT2D eigenvalue weighted by molar-refractivity contribution is 5.98. The SMILES string of the molecule is COC1=N[C@H]2C[C@H](OC(C)=O)[C@@H](OC(C)=O)C[C@@H]2c2cc3c(cc21)OCO3. The molecule has 4 rings (SSSR count). The van der Waals surface area contributed by atoms with Crippen LogP contribution in [-0.4, -0.2) is 50.0 Å².